The predicted molar refractivity (Wildman–Crippen MR) is 76.5 cm³/mol. The van der Waals surface area contributed by atoms with Crippen LogP contribution in [-0.2, 0) is 16.1 Å². The largest absolute Gasteiger partial charge is 0.444 e. The second kappa shape index (κ2) is 5.35. The summed E-state index contributed by atoms with van der Waals surface area (Å²) in [5, 5.41) is 0. The van der Waals surface area contributed by atoms with Crippen molar-refractivity contribution < 1.29 is 18.7 Å². The molecule has 0 spiro atoms. The highest BCUT2D eigenvalue weighted by molar-refractivity contribution is 5.97. The fourth-order valence-corrected chi connectivity index (χ4v) is 2.10. The number of amides is 2. The zero-order valence-electron chi connectivity index (χ0n) is 12.6. The van der Waals surface area contributed by atoms with E-state index in [1.807, 2.05) is 0 Å². The fourth-order valence-electron chi connectivity index (χ4n) is 2.10. The molecule has 0 aromatic heterocycles. The molecule has 6 heteroatoms. The SMILES string of the molecule is CN1C(=O)CN(C(=O)OC(C)(C)C)Cc2ccc(F)cc21. The number of fused-ring (bicyclic) bond motifs is 1. The van der Waals surface area contributed by atoms with Gasteiger partial charge >= 0.3 is 6.09 Å². The Hall–Kier alpha value is -2.11. The zero-order valence-corrected chi connectivity index (χ0v) is 12.6. The molecule has 1 aliphatic rings. The maximum absolute atomic E-state index is 13.4. The van der Waals surface area contributed by atoms with Crippen LogP contribution in [0.2, 0.25) is 0 Å². The van der Waals surface area contributed by atoms with Crippen LogP contribution in [0.15, 0.2) is 18.2 Å². The van der Waals surface area contributed by atoms with Crippen molar-refractivity contribution >= 4 is 17.7 Å². The molecule has 0 saturated heterocycles. The predicted octanol–water partition coefficient (Wildman–Crippen LogP) is 2.54. The van der Waals surface area contributed by atoms with Gasteiger partial charge in [-0.2, -0.15) is 0 Å². The minimum Gasteiger partial charge on any atom is -0.444 e. The number of benzene rings is 1. The minimum absolute atomic E-state index is 0.0955. The molecule has 0 atom stereocenters. The van der Waals surface area contributed by atoms with Gasteiger partial charge in [0, 0.05) is 7.05 Å². The molecule has 1 aromatic carbocycles. The smallest absolute Gasteiger partial charge is 0.411 e. The van der Waals surface area contributed by atoms with Gasteiger partial charge in [-0.25, -0.2) is 9.18 Å². The van der Waals surface area contributed by atoms with E-state index >= 15 is 0 Å². The van der Waals surface area contributed by atoms with Gasteiger partial charge in [-0.15, -0.1) is 0 Å². The number of carbonyl (C=O) groups is 2. The molecule has 0 radical (unpaired) electrons. The van der Waals surface area contributed by atoms with Gasteiger partial charge in [0.1, 0.15) is 18.0 Å². The highest BCUT2D eigenvalue weighted by Gasteiger charge is 2.29. The molecule has 0 saturated carbocycles. The van der Waals surface area contributed by atoms with Gasteiger partial charge < -0.3 is 9.64 Å². The second-order valence-corrected chi connectivity index (χ2v) is 6.06. The van der Waals surface area contributed by atoms with Crippen LogP contribution in [0, 0.1) is 5.82 Å². The monoisotopic (exact) mass is 294 g/mol. The second-order valence-electron chi connectivity index (χ2n) is 6.06. The van der Waals surface area contributed by atoms with E-state index in [1.165, 1.54) is 21.9 Å². The summed E-state index contributed by atoms with van der Waals surface area (Å²) < 4.78 is 18.7. The van der Waals surface area contributed by atoms with Crippen LogP contribution < -0.4 is 4.90 Å². The van der Waals surface area contributed by atoms with Crippen molar-refractivity contribution in [3.05, 3.63) is 29.6 Å². The molecule has 2 amide bonds. The summed E-state index contributed by atoms with van der Waals surface area (Å²) in [6.45, 7) is 5.41. The third-order valence-corrected chi connectivity index (χ3v) is 3.12. The Morgan fingerprint density at radius 1 is 1.29 bits per heavy atom. The summed E-state index contributed by atoms with van der Waals surface area (Å²) in [6, 6.07) is 4.19. The molecule has 2 rings (SSSR count). The van der Waals surface area contributed by atoms with Gasteiger partial charge in [0.15, 0.2) is 0 Å². The number of ether oxygens (including phenoxy) is 1. The van der Waals surface area contributed by atoms with Crippen molar-refractivity contribution in [3.8, 4) is 0 Å². The van der Waals surface area contributed by atoms with Crippen LogP contribution in [0.1, 0.15) is 26.3 Å². The Morgan fingerprint density at radius 2 is 1.95 bits per heavy atom. The number of likely N-dealkylation sites (N-methyl/N-ethyl adjacent to an activating group) is 1. The van der Waals surface area contributed by atoms with Crippen LogP contribution in [-0.4, -0.2) is 36.1 Å². The molecule has 1 heterocycles. The molecule has 0 fully saturated rings. The lowest BCUT2D eigenvalue weighted by molar-refractivity contribution is -0.119. The number of nitrogens with zero attached hydrogens (tertiary/aromatic N) is 2. The van der Waals surface area contributed by atoms with Crippen LogP contribution in [0.5, 0.6) is 0 Å². The van der Waals surface area contributed by atoms with E-state index < -0.39 is 17.5 Å². The van der Waals surface area contributed by atoms with Gasteiger partial charge in [0.25, 0.3) is 0 Å². The van der Waals surface area contributed by atoms with E-state index in [-0.39, 0.29) is 19.0 Å². The minimum atomic E-state index is -0.635. The number of hydrogen-bond donors (Lipinski definition) is 0. The molecule has 21 heavy (non-hydrogen) atoms. The Morgan fingerprint density at radius 3 is 2.57 bits per heavy atom. The summed E-state index contributed by atoms with van der Waals surface area (Å²) >= 11 is 0. The molecular weight excluding hydrogens is 275 g/mol. The van der Waals surface area contributed by atoms with Gasteiger partial charge in [-0.1, -0.05) is 6.07 Å². The topological polar surface area (TPSA) is 49.9 Å². The van der Waals surface area contributed by atoms with Crippen molar-refractivity contribution in [2.45, 2.75) is 32.9 Å². The normalized spacial score (nSPS) is 15.6. The summed E-state index contributed by atoms with van der Waals surface area (Å²) in [4.78, 5) is 27.0. The number of anilines is 1. The first-order chi connectivity index (χ1) is 9.67. The zero-order chi connectivity index (χ0) is 15.8. The standard InChI is InChI=1S/C15H19FN2O3/c1-15(2,3)21-14(20)18-8-10-5-6-11(16)7-12(10)17(4)13(19)9-18/h5-7H,8-9H2,1-4H3. The summed E-state index contributed by atoms with van der Waals surface area (Å²) in [5.74, 6) is -0.704. The van der Waals surface area contributed by atoms with Crippen molar-refractivity contribution in [2.75, 3.05) is 18.5 Å². The van der Waals surface area contributed by atoms with Crippen molar-refractivity contribution in [1.29, 1.82) is 0 Å². The number of carbonyl (C=O) groups excluding carboxylic acids is 2. The van der Waals surface area contributed by atoms with Gasteiger partial charge in [-0.3, -0.25) is 9.69 Å². The van der Waals surface area contributed by atoms with E-state index in [1.54, 1.807) is 33.9 Å². The van der Waals surface area contributed by atoms with Gasteiger partial charge in [0.05, 0.1) is 12.2 Å². The first-order valence-corrected chi connectivity index (χ1v) is 6.70. The van der Waals surface area contributed by atoms with E-state index in [0.717, 1.165) is 0 Å². The summed E-state index contributed by atoms with van der Waals surface area (Å²) in [7, 11) is 1.57. The molecule has 1 aromatic rings. The first-order valence-electron chi connectivity index (χ1n) is 6.70. The maximum Gasteiger partial charge on any atom is 0.411 e. The quantitative estimate of drug-likeness (QED) is 0.739. The van der Waals surface area contributed by atoms with Crippen LogP contribution in [0.25, 0.3) is 0 Å². The Balaban J connectivity index is 2.31. The van der Waals surface area contributed by atoms with Crippen LogP contribution >= 0.6 is 0 Å². The van der Waals surface area contributed by atoms with Crippen molar-refractivity contribution in [3.63, 3.8) is 0 Å². The molecule has 114 valence electrons. The van der Waals surface area contributed by atoms with E-state index in [2.05, 4.69) is 0 Å². The number of halogens is 1. The lowest BCUT2D eigenvalue weighted by Crippen LogP contribution is -2.41. The highest BCUT2D eigenvalue weighted by atomic mass is 19.1. The number of hydrogen-bond acceptors (Lipinski definition) is 3. The maximum atomic E-state index is 13.4. The summed E-state index contributed by atoms with van der Waals surface area (Å²) in [6.07, 6.45) is -0.554. The van der Waals surface area contributed by atoms with Crippen molar-refractivity contribution in [2.24, 2.45) is 0 Å². The van der Waals surface area contributed by atoms with Crippen LogP contribution in [0.3, 0.4) is 0 Å². The number of rotatable bonds is 0. The molecule has 0 unspecified atom stereocenters. The lowest BCUT2D eigenvalue weighted by atomic mass is 10.1. The van der Waals surface area contributed by atoms with Gasteiger partial charge in [-0.05, 0) is 38.5 Å². The molecule has 0 aliphatic carbocycles. The van der Waals surface area contributed by atoms with Gasteiger partial charge in [0.2, 0.25) is 5.91 Å². The average molecular weight is 294 g/mol. The Kier molecular flexibility index (Phi) is 3.89. The Bertz CT molecular complexity index is 581. The molecule has 1 aliphatic heterocycles. The molecular formula is C15H19FN2O3. The lowest BCUT2D eigenvalue weighted by Gasteiger charge is -2.26. The Labute approximate surface area is 123 Å². The molecule has 0 bridgehead atoms. The van der Waals surface area contributed by atoms with E-state index in [4.69, 9.17) is 4.74 Å². The first kappa shape index (κ1) is 15.3. The van der Waals surface area contributed by atoms with Crippen LogP contribution in [0.4, 0.5) is 14.9 Å². The average Bonchev–Trinajstić information content (AvgIpc) is 2.47. The van der Waals surface area contributed by atoms with Crippen molar-refractivity contribution in [1.82, 2.24) is 4.90 Å². The fraction of sp³-hybridized carbons (Fsp3) is 0.467. The molecule has 0 N–H and O–H groups in total. The summed E-state index contributed by atoms with van der Waals surface area (Å²) in [5.41, 5.74) is 0.547. The molecule has 5 nitrogen and oxygen atoms in total. The highest BCUT2D eigenvalue weighted by Crippen LogP contribution is 2.26. The third kappa shape index (κ3) is 3.51. The van der Waals surface area contributed by atoms with E-state index in [9.17, 15) is 14.0 Å². The van der Waals surface area contributed by atoms with E-state index in [0.29, 0.717) is 11.3 Å². The third-order valence-electron chi connectivity index (χ3n) is 3.12.